The Morgan fingerprint density at radius 3 is 3.08 bits per heavy atom. The molecule has 3 aromatic rings. The van der Waals surface area contributed by atoms with Gasteiger partial charge in [-0.25, -0.2) is 5.21 Å². The van der Waals surface area contributed by atoms with Crippen LogP contribution in [0.3, 0.4) is 0 Å². The normalized spacial score (nSPS) is 11.4. The highest BCUT2D eigenvalue weighted by Crippen LogP contribution is 2.15. The predicted octanol–water partition coefficient (Wildman–Crippen LogP) is -0.318. The van der Waals surface area contributed by atoms with Crippen LogP contribution in [0.1, 0.15) is 0 Å². The molecule has 7 heteroatoms. The van der Waals surface area contributed by atoms with Gasteiger partial charge in [0.25, 0.3) is 11.0 Å². The van der Waals surface area contributed by atoms with Crippen molar-refractivity contribution in [3.8, 4) is 0 Å². The Kier molecular flexibility index (Phi) is 0.950. The van der Waals surface area contributed by atoms with E-state index in [9.17, 15) is 4.91 Å². The van der Waals surface area contributed by atoms with Crippen molar-refractivity contribution in [2.75, 3.05) is 0 Å². The Morgan fingerprint density at radius 2 is 2.15 bits per heavy atom. The maximum Gasteiger partial charge on any atom is 0.283 e. The predicted molar refractivity (Wildman–Crippen MR) is 43.5 cm³/mol. The zero-order valence-corrected chi connectivity index (χ0v) is 6.40. The molecule has 0 aliphatic carbocycles. The van der Waals surface area contributed by atoms with Gasteiger partial charge in [0.1, 0.15) is 0 Å². The van der Waals surface area contributed by atoms with Crippen molar-refractivity contribution in [3.05, 3.63) is 17.0 Å². The summed E-state index contributed by atoms with van der Waals surface area (Å²) in [5.41, 5.74) is 2.51. The molecule has 0 aliphatic heterocycles. The van der Waals surface area contributed by atoms with Gasteiger partial charge < -0.3 is 0 Å². The lowest BCUT2D eigenvalue weighted by Crippen LogP contribution is -2.14. The second-order valence-electron chi connectivity index (χ2n) is 2.68. The summed E-state index contributed by atoms with van der Waals surface area (Å²) in [6.07, 6.45) is 0. The van der Waals surface area contributed by atoms with Crippen molar-refractivity contribution >= 4 is 22.1 Å². The number of aromatic nitrogens is 6. The minimum Gasteiger partial charge on any atom is -0.283 e. The summed E-state index contributed by atoms with van der Waals surface area (Å²) in [6, 6.07) is 3.45. The van der Waals surface area contributed by atoms with E-state index >= 15 is 0 Å². The Morgan fingerprint density at radius 1 is 1.23 bits per heavy atom. The number of nitrogens with zero attached hydrogens (tertiary/aromatic N) is 3. The van der Waals surface area contributed by atoms with Gasteiger partial charge in [-0.05, 0) is 22.3 Å². The van der Waals surface area contributed by atoms with E-state index in [0.29, 0.717) is 21.1 Å². The second kappa shape index (κ2) is 1.94. The maximum absolute atomic E-state index is 11.1. The molecule has 13 heavy (non-hydrogen) atoms. The average Bonchev–Trinajstić information content (AvgIpc) is 2.70. The van der Waals surface area contributed by atoms with Gasteiger partial charge >= 0.3 is 0 Å². The van der Waals surface area contributed by atoms with Crippen LogP contribution >= 0.6 is 0 Å². The van der Waals surface area contributed by atoms with Crippen LogP contribution < -0.4 is 4.54 Å². The number of H-pyrrole nitrogens is 3. The smallest absolute Gasteiger partial charge is 0.283 e. The van der Waals surface area contributed by atoms with Gasteiger partial charge in [-0.3, -0.25) is 5.10 Å². The van der Waals surface area contributed by atoms with Crippen LogP contribution in [0.2, 0.25) is 0 Å². The van der Waals surface area contributed by atoms with E-state index in [2.05, 4.69) is 25.7 Å². The molecule has 2 aromatic heterocycles. The molecule has 1 aromatic carbocycles. The molecular weight excluding hydrogens is 172 g/mol. The van der Waals surface area contributed by atoms with Crippen LogP contribution in [0.25, 0.3) is 22.1 Å². The summed E-state index contributed by atoms with van der Waals surface area (Å²) in [5.74, 6) is 0. The van der Waals surface area contributed by atoms with Gasteiger partial charge in [-0.2, -0.15) is 5.10 Å². The molecule has 0 atom stereocenters. The van der Waals surface area contributed by atoms with Crippen LogP contribution in [0.15, 0.2) is 12.1 Å². The summed E-state index contributed by atoms with van der Waals surface area (Å²) in [4.78, 5) is 11.1. The van der Waals surface area contributed by atoms with E-state index in [1.54, 1.807) is 12.1 Å². The lowest BCUT2D eigenvalue weighted by Gasteiger charge is -1.79. The van der Waals surface area contributed by atoms with E-state index in [4.69, 9.17) is 0 Å². The summed E-state index contributed by atoms with van der Waals surface area (Å²) >= 11 is 0. The molecule has 0 saturated carbocycles. The second-order valence-corrected chi connectivity index (χ2v) is 2.68. The van der Waals surface area contributed by atoms with Gasteiger partial charge in [-0.15, -0.1) is 0 Å². The topological polar surface area (TPSA) is 96.1 Å². The molecule has 3 rings (SSSR count). The molecular formula is C6H5N6O+. The van der Waals surface area contributed by atoms with Crippen molar-refractivity contribution in [2.24, 2.45) is 0 Å². The number of rotatable bonds is 0. The molecule has 0 spiro atoms. The number of hydrogen-bond acceptors (Lipinski definition) is 3. The molecule has 0 aliphatic rings. The highest BCUT2D eigenvalue weighted by Gasteiger charge is 2.15. The van der Waals surface area contributed by atoms with Crippen molar-refractivity contribution in [1.29, 1.82) is 0 Å². The van der Waals surface area contributed by atoms with Crippen molar-refractivity contribution < 1.29 is 4.54 Å². The van der Waals surface area contributed by atoms with Crippen molar-refractivity contribution in [2.45, 2.75) is 0 Å². The summed E-state index contributed by atoms with van der Waals surface area (Å²) in [7, 11) is 0. The third-order valence-electron chi connectivity index (χ3n) is 1.96. The van der Waals surface area contributed by atoms with Gasteiger partial charge in [0, 0.05) is 0 Å². The first-order chi connectivity index (χ1) is 6.36. The highest BCUT2D eigenvalue weighted by atomic mass is 16.3. The van der Waals surface area contributed by atoms with E-state index in [1.165, 1.54) is 0 Å². The maximum atomic E-state index is 11.1. The number of benzene rings is 1. The lowest BCUT2D eigenvalue weighted by molar-refractivity contribution is -0.537. The molecule has 0 bridgehead atoms. The van der Waals surface area contributed by atoms with Crippen LogP contribution in [-0.2, 0) is 0 Å². The Hall–Kier alpha value is -2.18. The quantitative estimate of drug-likeness (QED) is 0.410. The molecule has 0 amide bonds. The van der Waals surface area contributed by atoms with Crippen LogP contribution in [-0.4, -0.2) is 25.7 Å². The van der Waals surface area contributed by atoms with E-state index in [-0.39, 0.29) is 0 Å². The summed E-state index contributed by atoms with van der Waals surface area (Å²) < 4.78 is 0.601. The first kappa shape index (κ1) is 6.35. The molecule has 0 radical (unpaired) electrons. The minimum atomic E-state index is 0.480. The van der Waals surface area contributed by atoms with Gasteiger partial charge in [0.2, 0.25) is 0 Å². The molecule has 0 unspecified atom stereocenters. The highest BCUT2D eigenvalue weighted by molar-refractivity contribution is 5.97. The Labute approximate surface area is 70.3 Å². The standard InChI is InChI=1S/C6H5N6O/c13-12-4-2-1-3-5(8-10-7-3)6(4)9-11-12/h1-2H,(H,11,13)(H2,7,8,10)/q+1. The summed E-state index contributed by atoms with van der Waals surface area (Å²) in [6.45, 7) is 0. The Bertz CT molecular complexity index is 631. The van der Waals surface area contributed by atoms with Crippen molar-refractivity contribution in [3.63, 3.8) is 0 Å². The number of nitrogens with one attached hydrogen (secondary N) is 3. The van der Waals surface area contributed by atoms with Crippen LogP contribution in [0, 0.1) is 4.91 Å². The van der Waals surface area contributed by atoms with Gasteiger partial charge in [-0.1, -0.05) is 0 Å². The van der Waals surface area contributed by atoms with E-state index in [0.717, 1.165) is 5.52 Å². The lowest BCUT2D eigenvalue weighted by atomic mass is 10.3. The fourth-order valence-electron chi connectivity index (χ4n) is 1.35. The third kappa shape index (κ3) is 0.675. The molecule has 0 fully saturated rings. The molecule has 7 nitrogen and oxygen atoms in total. The van der Waals surface area contributed by atoms with Crippen LogP contribution in [0.4, 0.5) is 0 Å². The zero-order valence-electron chi connectivity index (χ0n) is 6.40. The van der Waals surface area contributed by atoms with Crippen LogP contribution in [0.5, 0.6) is 0 Å². The molecule has 2 heterocycles. The first-order valence-electron chi connectivity index (χ1n) is 3.68. The number of aromatic amines is 3. The summed E-state index contributed by atoms with van der Waals surface area (Å²) in [5, 5.41) is 15.5. The van der Waals surface area contributed by atoms with Gasteiger partial charge in [0.15, 0.2) is 5.52 Å². The first-order valence-corrected chi connectivity index (χ1v) is 3.68. The SMILES string of the molecule is O=[n+]1[nH]nc2c3n[nH][nH]c3ccc21. The minimum absolute atomic E-state index is 0.480. The fourth-order valence-corrected chi connectivity index (χ4v) is 1.35. The Balaban J connectivity index is 2.74. The average molecular weight is 177 g/mol. The fraction of sp³-hybridized carbons (Fsp3) is 0. The molecule has 0 saturated heterocycles. The third-order valence-corrected chi connectivity index (χ3v) is 1.96. The van der Waals surface area contributed by atoms with E-state index < -0.39 is 0 Å². The number of hydrogen-bond donors (Lipinski definition) is 3. The van der Waals surface area contributed by atoms with E-state index in [1.807, 2.05) is 0 Å². The van der Waals surface area contributed by atoms with Crippen molar-refractivity contribution in [1.82, 2.24) is 25.7 Å². The monoisotopic (exact) mass is 177 g/mol. The van der Waals surface area contributed by atoms with Gasteiger partial charge in [0.05, 0.1) is 15.2 Å². The zero-order chi connectivity index (χ0) is 8.84. The number of fused-ring (bicyclic) bond motifs is 3. The molecule has 64 valence electrons. The largest absolute Gasteiger partial charge is 0.283 e. The molecule has 3 N–H and O–H groups in total.